The molecule has 0 heterocycles. The third-order valence-electron chi connectivity index (χ3n) is 2.81. The molecule has 0 saturated carbocycles. The van der Waals surface area contributed by atoms with Crippen LogP contribution < -0.4 is 4.74 Å². The van der Waals surface area contributed by atoms with E-state index in [1.165, 1.54) is 5.56 Å². The summed E-state index contributed by atoms with van der Waals surface area (Å²) in [5, 5.41) is 0. The van der Waals surface area contributed by atoms with Crippen molar-refractivity contribution in [1.82, 2.24) is 0 Å². The molecule has 2 aromatic rings. The van der Waals surface area contributed by atoms with Gasteiger partial charge in [0.05, 0.1) is 7.11 Å². The lowest BCUT2D eigenvalue weighted by Crippen LogP contribution is -1.90. The van der Waals surface area contributed by atoms with Gasteiger partial charge in [-0.2, -0.15) is 0 Å². The number of methoxy groups -OCH3 is 1. The Morgan fingerprint density at radius 2 is 1.95 bits per heavy atom. The number of thioether (sulfide) groups is 1. The first-order chi connectivity index (χ1) is 9.31. The Balaban J connectivity index is 1.86. The molecular weight excluding hydrogens is 256 g/mol. The lowest BCUT2D eigenvalue weighted by atomic mass is 10.2. The van der Waals surface area contributed by atoms with Crippen molar-refractivity contribution < 1.29 is 9.53 Å². The second-order valence-electron chi connectivity index (χ2n) is 4.14. The SMILES string of the molecule is COc1ccc(CCSc2cccc(C=O)c2)cc1. The third-order valence-corrected chi connectivity index (χ3v) is 3.81. The predicted octanol–water partition coefficient (Wildman–Crippen LogP) is 3.84. The van der Waals surface area contributed by atoms with Crippen molar-refractivity contribution in [2.45, 2.75) is 11.3 Å². The molecule has 0 bridgehead atoms. The molecule has 0 aliphatic heterocycles. The lowest BCUT2D eigenvalue weighted by Gasteiger charge is -2.04. The van der Waals surface area contributed by atoms with Gasteiger partial charge in [-0.1, -0.05) is 24.3 Å². The summed E-state index contributed by atoms with van der Waals surface area (Å²) in [5.74, 6) is 1.88. The fourth-order valence-corrected chi connectivity index (χ4v) is 2.72. The zero-order chi connectivity index (χ0) is 13.5. The Kier molecular flexibility index (Phi) is 5.04. The topological polar surface area (TPSA) is 26.3 Å². The van der Waals surface area contributed by atoms with Crippen LogP contribution in [-0.4, -0.2) is 19.1 Å². The van der Waals surface area contributed by atoms with Gasteiger partial charge in [0, 0.05) is 16.2 Å². The van der Waals surface area contributed by atoms with Gasteiger partial charge in [-0.05, 0) is 36.2 Å². The van der Waals surface area contributed by atoms with Crippen LogP contribution in [0.3, 0.4) is 0 Å². The maximum atomic E-state index is 10.7. The van der Waals surface area contributed by atoms with Gasteiger partial charge >= 0.3 is 0 Å². The minimum absolute atomic E-state index is 0.731. The van der Waals surface area contributed by atoms with Crippen LogP contribution in [0.1, 0.15) is 15.9 Å². The molecule has 0 radical (unpaired) electrons. The van der Waals surface area contributed by atoms with Crippen molar-refractivity contribution in [3.63, 3.8) is 0 Å². The quantitative estimate of drug-likeness (QED) is 0.590. The van der Waals surface area contributed by atoms with Gasteiger partial charge in [-0.15, -0.1) is 11.8 Å². The van der Waals surface area contributed by atoms with E-state index in [1.807, 2.05) is 36.4 Å². The molecule has 3 heteroatoms. The molecule has 0 saturated heterocycles. The summed E-state index contributed by atoms with van der Waals surface area (Å²) in [6.45, 7) is 0. The van der Waals surface area contributed by atoms with Crippen LogP contribution in [0.15, 0.2) is 53.4 Å². The van der Waals surface area contributed by atoms with Crippen molar-refractivity contribution in [1.29, 1.82) is 0 Å². The van der Waals surface area contributed by atoms with E-state index in [9.17, 15) is 4.79 Å². The molecule has 0 aliphatic rings. The van der Waals surface area contributed by atoms with E-state index in [2.05, 4.69) is 12.1 Å². The lowest BCUT2D eigenvalue weighted by molar-refractivity contribution is 0.112. The molecule has 2 aromatic carbocycles. The molecule has 0 N–H and O–H groups in total. The summed E-state index contributed by atoms with van der Waals surface area (Å²) in [6, 6.07) is 15.8. The van der Waals surface area contributed by atoms with Crippen LogP contribution in [0.4, 0.5) is 0 Å². The average Bonchev–Trinajstić information content (AvgIpc) is 2.48. The van der Waals surface area contributed by atoms with Gasteiger partial charge in [0.25, 0.3) is 0 Å². The van der Waals surface area contributed by atoms with E-state index < -0.39 is 0 Å². The second kappa shape index (κ2) is 7.00. The first-order valence-corrected chi connectivity index (χ1v) is 7.11. The molecule has 0 amide bonds. The minimum atomic E-state index is 0.731. The summed E-state index contributed by atoms with van der Waals surface area (Å²) in [6.07, 6.45) is 1.88. The number of aryl methyl sites for hydroxylation is 1. The second-order valence-corrected chi connectivity index (χ2v) is 5.31. The standard InChI is InChI=1S/C16H16O2S/c1-18-15-7-5-13(6-8-15)9-10-19-16-4-2-3-14(11-16)12-17/h2-8,11-12H,9-10H2,1H3. The highest BCUT2D eigenvalue weighted by Crippen LogP contribution is 2.20. The molecule has 0 fully saturated rings. The van der Waals surface area contributed by atoms with E-state index in [0.717, 1.165) is 34.7 Å². The van der Waals surface area contributed by atoms with Crippen molar-refractivity contribution >= 4 is 18.0 Å². The highest BCUT2D eigenvalue weighted by Gasteiger charge is 1.98. The number of aldehydes is 1. The molecule has 0 unspecified atom stereocenters. The van der Waals surface area contributed by atoms with E-state index in [-0.39, 0.29) is 0 Å². The first-order valence-electron chi connectivity index (χ1n) is 6.13. The zero-order valence-corrected chi connectivity index (χ0v) is 11.7. The molecule has 19 heavy (non-hydrogen) atoms. The normalized spacial score (nSPS) is 10.2. The number of rotatable bonds is 6. The number of carbonyl (C=O) groups excluding carboxylic acids is 1. The number of benzene rings is 2. The van der Waals surface area contributed by atoms with Crippen molar-refractivity contribution in [2.24, 2.45) is 0 Å². The Labute approximate surface area is 117 Å². The van der Waals surface area contributed by atoms with E-state index in [1.54, 1.807) is 18.9 Å². The summed E-state index contributed by atoms with van der Waals surface area (Å²) < 4.78 is 5.13. The molecule has 98 valence electrons. The van der Waals surface area contributed by atoms with Gasteiger partial charge in [-0.3, -0.25) is 4.79 Å². The monoisotopic (exact) mass is 272 g/mol. The molecule has 2 nitrogen and oxygen atoms in total. The van der Waals surface area contributed by atoms with Gasteiger partial charge in [-0.25, -0.2) is 0 Å². The highest BCUT2D eigenvalue weighted by atomic mass is 32.2. The smallest absolute Gasteiger partial charge is 0.150 e. The Hall–Kier alpha value is -1.74. The zero-order valence-electron chi connectivity index (χ0n) is 10.8. The fraction of sp³-hybridized carbons (Fsp3) is 0.188. The Bertz CT molecular complexity index is 535. The van der Waals surface area contributed by atoms with E-state index >= 15 is 0 Å². The minimum Gasteiger partial charge on any atom is -0.497 e. The van der Waals surface area contributed by atoms with Gasteiger partial charge in [0.1, 0.15) is 12.0 Å². The molecule has 0 aromatic heterocycles. The Morgan fingerprint density at radius 1 is 1.16 bits per heavy atom. The number of ether oxygens (including phenoxy) is 1. The van der Waals surface area contributed by atoms with Crippen LogP contribution in [0.2, 0.25) is 0 Å². The third kappa shape index (κ3) is 4.14. The number of carbonyl (C=O) groups is 1. The molecule has 0 aliphatic carbocycles. The highest BCUT2D eigenvalue weighted by molar-refractivity contribution is 7.99. The maximum Gasteiger partial charge on any atom is 0.150 e. The van der Waals surface area contributed by atoms with Crippen LogP contribution >= 0.6 is 11.8 Å². The molecular formula is C16H16O2S. The van der Waals surface area contributed by atoms with Crippen molar-refractivity contribution in [3.05, 3.63) is 59.7 Å². The van der Waals surface area contributed by atoms with Gasteiger partial charge in [0.15, 0.2) is 0 Å². The summed E-state index contributed by atoms with van der Waals surface area (Å²) in [4.78, 5) is 11.8. The summed E-state index contributed by atoms with van der Waals surface area (Å²) >= 11 is 1.76. The predicted molar refractivity (Wildman–Crippen MR) is 79.3 cm³/mol. The molecule has 2 rings (SSSR count). The maximum absolute atomic E-state index is 10.7. The van der Waals surface area contributed by atoms with Crippen molar-refractivity contribution in [2.75, 3.05) is 12.9 Å². The Morgan fingerprint density at radius 3 is 2.63 bits per heavy atom. The van der Waals surface area contributed by atoms with E-state index in [4.69, 9.17) is 4.74 Å². The van der Waals surface area contributed by atoms with Crippen LogP contribution in [0.5, 0.6) is 5.75 Å². The molecule has 0 spiro atoms. The van der Waals surface area contributed by atoms with Crippen LogP contribution in [-0.2, 0) is 6.42 Å². The largest absolute Gasteiger partial charge is 0.497 e. The van der Waals surface area contributed by atoms with Crippen molar-refractivity contribution in [3.8, 4) is 5.75 Å². The first kappa shape index (κ1) is 13.7. The fourth-order valence-electron chi connectivity index (χ4n) is 1.76. The summed E-state index contributed by atoms with van der Waals surface area (Å²) in [7, 11) is 1.67. The summed E-state index contributed by atoms with van der Waals surface area (Å²) in [5.41, 5.74) is 2.02. The molecule has 0 atom stereocenters. The average molecular weight is 272 g/mol. The van der Waals surface area contributed by atoms with Gasteiger partial charge < -0.3 is 4.74 Å². The van der Waals surface area contributed by atoms with Crippen LogP contribution in [0, 0.1) is 0 Å². The van der Waals surface area contributed by atoms with E-state index in [0.29, 0.717) is 0 Å². The van der Waals surface area contributed by atoms with Crippen LogP contribution in [0.25, 0.3) is 0 Å². The number of hydrogen-bond donors (Lipinski definition) is 0. The number of hydrogen-bond acceptors (Lipinski definition) is 3. The van der Waals surface area contributed by atoms with Gasteiger partial charge in [0.2, 0.25) is 0 Å².